The van der Waals surface area contributed by atoms with Gasteiger partial charge in [0.1, 0.15) is 0 Å². The van der Waals surface area contributed by atoms with Crippen LogP contribution in [-0.4, -0.2) is 28.3 Å². The Bertz CT molecular complexity index is 644. The van der Waals surface area contributed by atoms with E-state index in [0.717, 1.165) is 17.0 Å². The molecule has 0 unspecified atom stereocenters. The molecule has 4 heteroatoms. The van der Waals surface area contributed by atoms with Gasteiger partial charge in [-0.3, -0.25) is 4.57 Å². The molecule has 196 valence electrons. The van der Waals surface area contributed by atoms with Gasteiger partial charge in [0.15, 0.2) is 7.29 Å². The molecule has 0 aliphatic heterocycles. The van der Waals surface area contributed by atoms with E-state index < -0.39 is 14.3 Å². The van der Waals surface area contributed by atoms with Crippen LogP contribution >= 0.6 is 14.3 Å². The van der Waals surface area contributed by atoms with E-state index in [1.165, 1.54) is 161 Å². The molecule has 0 spiro atoms. The standard InChI is InChI=1S/C30H55NOP2/c32-34(29-22-12-4-13-23-29,30-24-14-5-15-25-30)31-33(26-16-6-1-7-17-26,27-18-8-2-9-19-27)28-20-10-3-11-21-28/h26-30H,1-25H2. The van der Waals surface area contributed by atoms with Crippen LogP contribution in [0.15, 0.2) is 4.52 Å². The largest absolute Gasteiger partial charge is 0.298 e. The van der Waals surface area contributed by atoms with Crippen LogP contribution in [0, 0.1) is 0 Å². The molecule has 0 saturated heterocycles. The fourth-order valence-corrected chi connectivity index (χ4v) is 22.2. The van der Waals surface area contributed by atoms with Crippen LogP contribution in [0.5, 0.6) is 0 Å². The van der Waals surface area contributed by atoms with E-state index in [2.05, 4.69) is 0 Å². The Morgan fingerprint density at radius 2 is 0.588 bits per heavy atom. The van der Waals surface area contributed by atoms with Gasteiger partial charge < -0.3 is 0 Å². The van der Waals surface area contributed by atoms with Crippen molar-refractivity contribution >= 4 is 14.3 Å². The van der Waals surface area contributed by atoms with Crippen molar-refractivity contribution in [3.63, 3.8) is 0 Å². The highest BCUT2D eigenvalue weighted by atomic mass is 31.2. The third-order valence-corrected chi connectivity index (χ3v) is 21.5. The fourth-order valence-electron chi connectivity index (χ4n) is 9.19. The average molecular weight is 508 g/mol. The van der Waals surface area contributed by atoms with E-state index in [-0.39, 0.29) is 0 Å². The first-order valence-corrected chi connectivity index (χ1v) is 19.7. The van der Waals surface area contributed by atoms with E-state index in [1.54, 1.807) is 0 Å². The van der Waals surface area contributed by atoms with E-state index >= 15 is 4.57 Å². The molecule has 0 heterocycles. The number of hydrogen-bond donors (Lipinski definition) is 0. The summed E-state index contributed by atoms with van der Waals surface area (Å²) in [5.41, 5.74) is 3.44. The van der Waals surface area contributed by atoms with Crippen molar-refractivity contribution < 1.29 is 4.57 Å². The van der Waals surface area contributed by atoms with Crippen molar-refractivity contribution in [2.75, 3.05) is 0 Å². The molecule has 0 aromatic carbocycles. The first kappa shape index (κ1) is 26.1. The maximum absolute atomic E-state index is 15.7. The highest BCUT2D eigenvalue weighted by molar-refractivity contribution is 7.77. The summed E-state index contributed by atoms with van der Waals surface area (Å²) >= 11 is 0. The molecule has 5 rings (SSSR count). The smallest absolute Gasteiger partial charge is 0.194 e. The van der Waals surface area contributed by atoms with Crippen LogP contribution in [-0.2, 0) is 4.57 Å². The summed E-state index contributed by atoms with van der Waals surface area (Å²) in [7, 11) is -4.13. The molecule has 0 aromatic heterocycles. The number of nitrogens with zero attached hydrogens (tertiary/aromatic N) is 1. The van der Waals surface area contributed by atoms with E-state index in [0.29, 0.717) is 11.3 Å². The van der Waals surface area contributed by atoms with Crippen molar-refractivity contribution in [3.8, 4) is 0 Å². The molecule has 0 N–H and O–H groups in total. The molecule has 0 amide bonds. The Morgan fingerprint density at radius 1 is 0.353 bits per heavy atom. The van der Waals surface area contributed by atoms with E-state index in [9.17, 15) is 0 Å². The molecule has 0 atom stereocenters. The second-order valence-corrected chi connectivity index (χ2v) is 20.3. The van der Waals surface area contributed by atoms with Crippen LogP contribution in [0.2, 0.25) is 0 Å². The predicted molar refractivity (Wildman–Crippen MR) is 151 cm³/mol. The molecular weight excluding hydrogens is 452 g/mol. The Balaban J connectivity index is 1.66. The van der Waals surface area contributed by atoms with Gasteiger partial charge in [-0.25, -0.2) is 4.52 Å². The van der Waals surface area contributed by atoms with Crippen LogP contribution in [0.25, 0.3) is 0 Å². The minimum absolute atomic E-state index is 0.458. The predicted octanol–water partition coefficient (Wildman–Crippen LogP) is 11.1. The van der Waals surface area contributed by atoms with Crippen molar-refractivity contribution in [2.24, 2.45) is 4.52 Å². The molecule has 5 aliphatic rings. The third-order valence-electron chi connectivity index (χ3n) is 11.0. The second kappa shape index (κ2) is 12.3. The van der Waals surface area contributed by atoms with Crippen LogP contribution < -0.4 is 0 Å². The summed E-state index contributed by atoms with van der Waals surface area (Å²) in [6.07, 6.45) is 34.4. The van der Waals surface area contributed by atoms with Crippen molar-refractivity contribution in [3.05, 3.63) is 0 Å². The lowest BCUT2D eigenvalue weighted by atomic mass is 9.99. The molecule has 0 aromatic rings. The quantitative estimate of drug-likeness (QED) is 0.329. The number of hydrogen-bond acceptors (Lipinski definition) is 1. The van der Waals surface area contributed by atoms with Gasteiger partial charge in [-0.15, -0.1) is 0 Å². The third kappa shape index (κ3) is 5.50. The Hall–Kier alpha value is 0.460. The maximum Gasteiger partial charge on any atom is 0.194 e. The minimum Gasteiger partial charge on any atom is -0.298 e. The lowest BCUT2D eigenvalue weighted by Crippen LogP contribution is -2.32. The summed E-state index contributed by atoms with van der Waals surface area (Å²) in [6, 6.07) is 0. The lowest BCUT2D eigenvalue weighted by Gasteiger charge is -2.50. The minimum atomic E-state index is -2.52. The van der Waals surface area contributed by atoms with E-state index in [4.69, 9.17) is 4.52 Å². The normalized spacial score (nSPS) is 28.7. The topological polar surface area (TPSA) is 29.4 Å². The summed E-state index contributed by atoms with van der Waals surface area (Å²) < 4.78 is 22.1. The van der Waals surface area contributed by atoms with Gasteiger partial charge in [0.25, 0.3) is 0 Å². The second-order valence-electron chi connectivity index (χ2n) is 13.0. The lowest BCUT2D eigenvalue weighted by molar-refractivity contribution is 0.444. The van der Waals surface area contributed by atoms with Crippen molar-refractivity contribution in [1.29, 1.82) is 0 Å². The van der Waals surface area contributed by atoms with Gasteiger partial charge in [-0.05, 0) is 88.2 Å². The van der Waals surface area contributed by atoms with Gasteiger partial charge in [0.05, 0.1) is 0 Å². The summed E-state index contributed by atoms with van der Waals surface area (Å²) in [4.78, 5) is 0. The fraction of sp³-hybridized carbons (Fsp3) is 1.00. The summed E-state index contributed by atoms with van der Waals surface area (Å²) in [5.74, 6) is 0. The number of rotatable bonds is 6. The van der Waals surface area contributed by atoms with Gasteiger partial charge >= 0.3 is 0 Å². The van der Waals surface area contributed by atoms with Crippen LogP contribution in [0.3, 0.4) is 0 Å². The molecule has 5 fully saturated rings. The first-order valence-electron chi connectivity index (χ1n) is 16.0. The Kier molecular flexibility index (Phi) is 9.46. The first-order chi connectivity index (χ1) is 16.7. The van der Waals surface area contributed by atoms with E-state index in [1.807, 2.05) is 0 Å². The summed E-state index contributed by atoms with van der Waals surface area (Å²) in [5, 5.41) is 0. The van der Waals surface area contributed by atoms with Gasteiger partial charge in [-0.2, -0.15) is 0 Å². The maximum atomic E-state index is 15.7. The molecule has 2 nitrogen and oxygen atoms in total. The molecule has 5 saturated carbocycles. The van der Waals surface area contributed by atoms with Crippen LogP contribution in [0.1, 0.15) is 161 Å². The zero-order valence-corrected chi connectivity index (χ0v) is 24.1. The average Bonchev–Trinajstić information content (AvgIpc) is 2.94. The monoisotopic (exact) mass is 507 g/mol. The molecule has 34 heavy (non-hydrogen) atoms. The Morgan fingerprint density at radius 3 is 0.853 bits per heavy atom. The Labute approximate surface area is 212 Å². The zero-order valence-electron chi connectivity index (χ0n) is 22.3. The van der Waals surface area contributed by atoms with Crippen LogP contribution in [0.4, 0.5) is 0 Å². The molecule has 0 bridgehead atoms. The SMILES string of the molecule is O=P(N=P(C1CCCCC1)(C1CCCCC1)C1CCCCC1)(C1CCCCC1)C1CCCCC1. The molecular formula is C30H55NOP2. The van der Waals surface area contributed by atoms with Gasteiger partial charge in [0, 0.05) is 11.3 Å². The van der Waals surface area contributed by atoms with Gasteiger partial charge in [-0.1, -0.05) is 96.3 Å². The van der Waals surface area contributed by atoms with Crippen molar-refractivity contribution in [1.82, 2.24) is 0 Å². The molecule has 5 aliphatic carbocycles. The zero-order chi connectivity index (χ0) is 23.3. The highest BCUT2D eigenvalue weighted by Crippen LogP contribution is 2.78. The highest BCUT2D eigenvalue weighted by Gasteiger charge is 2.49. The summed E-state index contributed by atoms with van der Waals surface area (Å²) in [6.45, 7) is 0. The van der Waals surface area contributed by atoms with Crippen molar-refractivity contribution in [2.45, 2.75) is 189 Å². The molecule has 0 radical (unpaired) electrons. The van der Waals surface area contributed by atoms with Gasteiger partial charge in [0.2, 0.25) is 0 Å².